The number of anilines is 1. The van der Waals surface area contributed by atoms with Crippen molar-refractivity contribution in [3.05, 3.63) is 28.4 Å². The fourth-order valence-electron chi connectivity index (χ4n) is 1.05. The van der Waals surface area contributed by atoms with Crippen molar-refractivity contribution >= 4 is 32.4 Å². The number of nitrogens with one attached hydrogen (secondary N) is 1. The fourth-order valence-corrected chi connectivity index (χ4v) is 2.22. The van der Waals surface area contributed by atoms with Crippen LogP contribution < -0.4 is 5.32 Å². The van der Waals surface area contributed by atoms with Crippen LogP contribution in [0.25, 0.3) is 0 Å². The number of hydrogen-bond donors (Lipinski definition) is 1. The summed E-state index contributed by atoms with van der Waals surface area (Å²) in [4.78, 5) is 4.22. The number of rotatable bonds is 4. The van der Waals surface area contributed by atoms with Crippen LogP contribution in [-0.2, 0) is 6.54 Å². The van der Waals surface area contributed by atoms with Crippen LogP contribution in [0.1, 0.15) is 0 Å². The Balaban J connectivity index is 1.78. The van der Waals surface area contributed by atoms with Gasteiger partial charge in [0, 0.05) is 24.3 Å². The van der Waals surface area contributed by atoms with Gasteiger partial charge in [-0.25, -0.2) is 4.98 Å². The molecular weight excluding hydrogens is 264 g/mol. The van der Waals surface area contributed by atoms with Gasteiger partial charge in [-0.05, 0) is 22.0 Å². The Morgan fingerprint density at radius 3 is 3.14 bits per heavy atom. The topological polar surface area (TPSA) is 42.7 Å². The highest BCUT2D eigenvalue weighted by atomic mass is 79.9. The van der Waals surface area contributed by atoms with Gasteiger partial charge < -0.3 is 5.32 Å². The van der Waals surface area contributed by atoms with E-state index in [0.29, 0.717) is 0 Å². The van der Waals surface area contributed by atoms with Gasteiger partial charge in [-0.2, -0.15) is 5.10 Å². The molecule has 0 unspecified atom stereocenters. The lowest BCUT2D eigenvalue weighted by molar-refractivity contribution is 0.637. The minimum absolute atomic E-state index is 0.835. The summed E-state index contributed by atoms with van der Waals surface area (Å²) >= 11 is 4.89. The summed E-state index contributed by atoms with van der Waals surface area (Å²) in [7, 11) is 0. The number of halogens is 1. The molecule has 0 aromatic carbocycles. The molecule has 0 amide bonds. The highest BCUT2D eigenvalue weighted by Gasteiger charge is 1.97. The quantitative estimate of drug-likeness (QED) is 0.928. The van der Waals surface area contributed by atoms with Crippen LogP contribution in [0.3, 0.4) is 0 Å². The Kier molecular flexibility index (Phi) is 3.15. The third-order valence-electron chi connectivity index (χ3n) is 1.65. The summed E-state index contributed by atoms with van der Waals surface area (Å²) < 4.78 is 2.76. The zero-order valence-electron chi connectivity index (χ0n) is 7.35. The minimum Gasteiger partial charge on any atom is -0.360 e. The largest absolute Gasteiger partial charge is 0.360 e. The summed E-state index contributed by atoms with van der Waals surface area (Å²) in [6.07, 6.45) is 3.72. The van der Waals surface area contributed by atoms with Crippen LogP contribution >= 0.6 is 27.3 Å². The third-order valence-corrected chi connectivity index (χ3v) is 3.16. The van der Waals surface area contributed by atoms with Crippen molar-refractivity contribution in [2.24, 2.45) is 0 Å². The van der Waals surface area contributed by atoms with Gasteiger partial charge in [-0.1, -0.05) is 0 Å². The highest BCUT2D eigenvalue weighted by Crippen LogP contribution is 2.18. The molecule has 0 atom stereocenters. The standard InChI is InChI=1S/C8H9BrN4S/c9-7-6-14-8(12-7)10-3-5-13-4-1-2-11-13/h1-2,4,6H,3,5H2,(H,10,12). The summed E-state index contributed by atoms with van der Waals surface area (Å²) in [5.41, 5.74) is 0. The van der Waals surface area contributed by atoms with Crippen molar-refractivity contribution in [1.82, 2.24) is 14.8 Å². The van der Waals surface area contributed by atoms with E-state index >= 15 is 0 Å². The Morgan fingerprint density at radius 1 is 1.57 bits per heavy atom. The molecule has 2 rings (SSSR count). The van der Waals surface area contributed by atoms with Gasteiger partial charge >= 0.3 is 0 Å². The monoisotopic (exact) mass is 272 g/mol. The van der Waals surface area contributed by atoms with E-state index in [0.717, 1.165) is 22.8 Å². The molecule has 2 aromatic heterocycles. The SMILES string of the molecule is Brc1csc(NCCn2cccn2)n1. The summed E-state index contributed by atoms with van der Waals surface area (Å²) in [6.45, 7) is 1.69. The molecule has 4 nitrogen and oxygen atoms in total. The van der Waals surface area contributed by atoms with Crippen LogP contribution in [0, 0.1) is 0 Å². The van der Waals surface area contributed by atoms with Crippen LogP contribution in [0.5, 0.6) is 0 Å². The molecule has 0 saturated heterocycles. The second kappa shape index (κ2) is 4.56. The molecule has 2 heterocycles. The van der Waals surface area contributed by atoms with Crippen LogP contribution in [-0.4, -0.2) is 21.3 Å². The number of hydrogen-bond acceptors (Lipinski definition) is 4. The first-order valence-electron chi connectivity index (χ1n) is 4.17. The predicted molar refractivity (Wildman–Crippen MR) is 60.5 cm³/mol. The van der Waals surface area contributed by atoms with E-state index in [1.165, 1.54) is 0 Å². The Hall–Kier alpha value is -0.880. The molecular formula is C8H9BrN4S. The molecule has 0 aliphatic rings. The van der Waals surface area contributed by atoms with Gasteiger partial charge in [0.15, 0.2) is 5.13 Å². The lowest BCUT2D eigenvalue weighted by atomic mass is 10.6. The smallest absolute Gasteiger partial charge is 0.183 e. The number of thiazole rings is 1. The fraction of sp³-hybridized carbons (Fsp3) is 0.250. The highest BCUT2D eigenvalue weighted by molar-refractivity contribution is 9.10. The minimum atomic E-state index is 0.835. The Labute approximate surface area is 94.1 Å². The summed E-state index contributed by atoms with van der Waals surface area (Å²) in [6, 6.07) is 1.92. The average molecular weight is 273 g/mol. The first-order valence-corrected chi connectivity index (χ1v) is 5.84. The van der Waals surface area contributed by atoms with Gasteiger partial charge in [0.25, 0.3) is 0 Å². The zero-order chi connectivity index (χ0) is 9.80. The number of nitrogens with zero attached hydrogens (tertiary/aromatic N) is 3. The third kappa shape index (κ3) is 2.55. The van der Waals surface area contributed by atoms with Crippen molar-refractivity contribution in [3.63, 3.8) is 0 Å². The lowest BCUT2D eigenvalue weighted by Crippen LogP contribution is -2.10. The van der Waals surface area contributed by atoms with Gasteiger partial charge in [0.1, 0.15) is 4.60 Å². The van der Waals surface area contributed by atoms with E-state index in [-0.39, 0.29) is 0 Å². The van der Waals surface area contributed by atoms with Crippen molar-refractivity contribution in [2.45, 2.75) is 6.54 Å². The zero-order valence-corrected chi connectivity index (χ0v) is 9.75. The van der Waals surface area contributed by atoms with Gasteiger partial charge in [-0.15, -0.1) is 11.3 Å². The number of aromatic nitrogens is 3. The van der Waals surface area contributed by atoms with E-state index in [2.05, 4.69) is 31.3 Å². The van der Waals surface area contributed by atoms with E-state index in [4.69, 9.17) is 0 Å². The first kappa shape index (κ1) is 9.67. The first-order chi connectivity index (χ1) is 6.84. The average Bonchev–Trinajstić information content (AvgIpc) is 2.77. The molecule has 0 saturated carbocycles. The molecule has 1 N–H and O–H groups in total. The van der Waals surface area contributed by atoms with Crippen molar-refractivity contribution in [2.75, 3.05) is 11.9 Å². The van der Waals surface area contributed by atoms with Crippen LogP contribution in [0.15, 0.2) is 28.4 Å². The molecule has 0 aliphatic heterocycles. The molecule has 6 heteroatoms. The molecule has 2 aromatic rings. The molecule has 0 fully saturated rings. The summed E-state index contributed by atoms with van der Waals surface area (Å²) in [5, 5.41) is 10.2. The normalized spacial score (nSPS) is 10.4. The molecule has 0 spiro atoms. The predicted octanol–water partition coefficient (Wildman–Crippen LogP) is 2.21. The van der Waals surface area contributed by atoms with Crippen LogP contribution in [0.4, 0.5) is 5.13 Å². The van der Waals surface area contributed by atoms with Gasteiger partial charge in [0.05, 0.1) is 6.54 Å². The maximum atomic E-state index is 4.22. The molecule has 0 radical (unpaired) electrons. The maximum absolute atomic E-state index is 4.22. The second-order valence-electron chi connectivity index (χ2n) is 2.67. The lowest BCUT2D eigenvalue weighted by Gasteiger charge is -2.02. The van der Waals surface area contributed by atoms with E-state index in [9.17, 15) is 0 Å². The van der Waals surface area contributed by atoms with Gasteiger partial charge in [-0.3, -0.25) is 4.68 Å². The van der Waals surface area contributed by atoms with Crippen molar-refractivity contribution < 1.29 is 0 Å². The summed E-state index contributed by atoms with van der Waals surface area (Å²) in [5.74, 6) is 0. The Morgan fingerprint density at radius 2 is 2.50 bits per heavy atom. The maximum Gasteiger partial charge on any atom is 0.183 e. The van der Waals surface area contributed by atoms with Gasteiger partial charge in [0.2, 0.25) is 0 Å². The second-order valence-corrected chi connectivity index (χ2v) is 4.34. The van der Waals surface area contributed by atoms with E-state index in [1.54, 1.807) is 17.5 Å². The molecule has 14 heavy (non-hydrogen) atoms. The molecule has 0 bridgehead atoms. The molecule has 74 valence electrons. The van der Waals surface area contributed by atoms with Crippen molar-refractivity contribution in [3.8, 4) is 0 Å². The molecule has 0 aliphatic carbocycles. The van der Waals surface area contributed by atoms with E-state index < -0.39 is 0 Å². The van der Waals surface area contributed by atoms with Crippen molar-refractivity contribution in [1.29, 1.82) is 0 Å². The Bertz CT molecular complexity index is 384. The van der Waals surface area contributed by atoms with E-state index in [1.807, 2.05) is 22.3 Å². The van der Waals surface area contributed by atoms with Crippen LogP contribution in [0.2, 0.25) is 0 Å².